The normalized spacial score (nSPS) is 14.5. The molecule has 82 valence electrons. The Morgan fingerprint density at radius 1 is 1.29 bits per heavy atom. The topological polar surface area (TPSA) is 86.6 Å². The van der Waals surface area contributed by atoms with Gasteiger partial charge in [-0.05, 0) is 12.8 Å². The largest absolute Gasteiger partial charge is 0.481 e. The first-order chi connectivity index (χ1) is 6.45. The van der Waals surface area contributed by atoms with Crippen molar-refractivity contribution in [3.63, 3.8) is 0 Å². The maximum atomic E-state index is 11.2. The molecule has 0 radical (unpaired) electrons. The summed E-state index contributed by atoms with van der Waals surface area (Å²) in [5.41, 5.74) is 0. The molecule has 5 nitrogen and oxygen atoms in total. The van der Waals surface area contributed by atoms with Gasteiger partial charge in [0.05, 0.1) is 6.61 Å². The van der Waals surface area contributed by atoms with Crippen molar-refractivity contribution in [2.75, 3.05) is 6.61 Å². The maximum Gasteiger partial charge on any atom is 0.303 e. The van der Waals surface area contributed by atoms with Crippen molar-refractivity contribution in [3.05, 3.63) is 0 Å². The van der Waals surface area contributed by atoms with E-state index in [9.17, 15) is 9.59 Å². The SMILES string of the molecule is CC(CC(=O)O)CC(=O)NC(C)CO. The van der Waals surface area contributed by atoms with Gasteiger partial charge in [-0.15, -0.1) is 0 Å². The number of aliphatic hydroxyl groups excluding tert-OH is 1. The molecule has 0 aromatic carbocycles. The minimum Gasteiger partial charge on any atom is -0.481 e. The lowest BCUT2D eigenvalue weighted by Gasteiger charge is -2.13. The second-order valence-corrected chi connectivity index (χ2v) is 3.56. The summed E-state index contributed by atoms with van der Waals surface area (Å²) in [5, 5.41) is 19.7. The third-order valence-electron chi connectivity index (χ3n) is 1.74. The van der Waals surface area contributed by atoms with Gasteiger partial charge in [-0.25, -0.2) is 0 Å². The molecule has 0 saturated carbocycles. The van der Waals surface area contributed by atoms with Crippen LogP contribution in [0.2, 0.25) is 0 Å². The number of aliphatic hydroxyl groups is 1. The second-order valence-electron chi connectivity index (χ2n) is 3.56. The first-order valence-electron chi connectivity index (χ1n) is 4.57. The molecule has 0 aliphatic carbocycles. The minimum atomic E-state index is -0.902. The van der Waals surface area contributed by atoms with Crippen molar-refractivity contribution in [1.29, 1.82) is 0 Å². The third-order valence-corrected chi connectivity index (χ3v) is 1.74. The lowest BCUT2D eigenvalue weighted by atomic mass is 10.0. The highest BCUT2D eigenvalue weighted by Gasteiger charge is 2.13. The minimum absolute atomic E-state index is 0.0130. The summed E-state index contributed by atoms with van der Waals surface area (Å²) in [6.45, 7) is 3.27. The standard InChI is InChI=1S/C9H17NO4/c1-6(4-9(13)14)3-8(12)10-7(2)5-11/h6-7,11H,3-5H2,1-2H3,(H,10,12)(H,13,14). The van der Waals surface area contributed by atoms with E-state index in [0.717, 1.165) is 0 Å². The van der Waals surface area contributed by atoms with Gasteiger partial charge in [-0.1, -0.05) is 6.92 Å². The van der Waals surface area contributed by atoms with Gasteiger partial charge in [0, 0.05) is 18.9 Å². The highest BCUT2D eigenvalue weighted by molar-refractivity contribution is 5.77. The molecular weight excluding hydrogens is 186 g/mol. The smallest absolute Gasteiger partial charge is 0.303 e. The molecule has 0 aliphatic rings. The van der Waals surface area contributed by atoms with Crippen molar-refractivity contribution in [2.24, 2.45) is 5.92 Å². The Balaban J connectivity index is 3.76. The quantitative estimate of drug-likeness (QED) is 0.566. The first-order valence-corrected chi connectivity index (χ1v) is 4.57. The van der Waals surface area contributed by atoms with Gasteiger partial charge in [0.15, 0.2) is 0 Å². The van der Waals surface area contributed by atoms with E-state index in [1.54, 1.807) is 13.8 Å². The van der Waals surface area contributed by atoms with Gasteiger partial charge in [-0.3, -0.25) is 9.59 Å². The molecular formula is C9H17NO4. The average molecular weight is 203 g/mol. The number of carboxylic acids is 1. The van der Waals surface area contributed by atoms with Gasteiger partial charge in [-0.2, -0.15) is 0 Å². The van der Waals surface area contributed by atoms with E-state index in [2.05, 4.69) is 5.32 Å². The Bertz CT molecular complexity index is 205. The third kappa shape index (κ3) is 6.42. The summed E-state index contributed by atoms with van der Waals surface area (Å²) in [7, 11) is 0. The summed E-state index contributed by atoms with van der Waals surface area (Å²) in [4.78, 5) is 21.5. The molecule has 14 heavy (non-hydrogen) atoms. The van der Waals surface area contributed by atoms with Gasteiger partial charge in [0.2, 0.25) is 5.91 Å². The Labute approximate surface area is 83.1 Å². The lowest BCUT2D eigenvalue weighted by molar-refractivity contribution is -0.138. The molecule has 2 atom stereocenters. The van der Waals surface area contributed by atoms with Crippen LogP contribution in [0.3, 0.4) is 0 Å². The number of aliphatic carboxylic acids is 1. The summed E-state index contributed by atoms with van der Waals surface area (Å²) < 4.78 is 0. The Morgan fingerprint density at radius 3 is 2.29 bits per heavy atom. The lowest BCUT2D eigenvalue weighted by Crippen LogP contribution is -2.35. The number of carboxylic acid groups (broad SMARTS) is 1. The van der Waals surface area contributed by atoms with Crippen LogP contribution in [0.1, 0.15) is 26.7 Å². The van der Waals surface area contributed by atoms with E-state index in [1.165, 1.54) is 0 Å². The number of hydrogen-bond donors (Lipinski definition) is 3. The number of carbonyl (C=O) groups is 2. The van der Waals surface area contributed by atoms with Crippen LogP contribution >= 0.6 is 0 Å². The highest BCUT2D eigenvalue weighted by Crippen LogP contribution is 2.06. The molecule has 2 unspecified atom stereocenters. The van der Waals surface area contributed by atoms with Crippen LogP contribution in [0.5, 0.6) is 0 Å². The Hall–Kier alpha value is -1.10. The van der Waals surface area contributed by atoms with Gasteiger partial charge >= 0.3 is 5.97 Å². The first kappa shape index (κ1) is 12.9. The number of amides is 1. The van der Waals surface area contributed by atoms with Gasteiger partial charge in [0.1, 0.15) is 0 Å². The summed E-state index contributed by atoms with van der Waals surface area (Å²) in [5.74, 6) is -1.31. The Kier molecular flexibility index (Phi) is 5.87. The monoisotopic (exact) mass is 203 g/mol. The number of rotatable bonds is 6. The van der Waals surface area contributed by atoms with Crippen LogP contribution < -0.4 is 5.32 Å². The van der Waals surface area contributed by atoms with E-state index in [4.69, 9.17) is 10.2 Å². The molecule has 0 fully saturated rings. The van der Waals surface area contributed by atoms with Crippen LogP contribution in [0.15, 0.2) is 0 Å². The molecule has 0 spiro atoms. The fourth-order valence-corrected chi connectivity index (χ4v) is 1.07. The van der Waals surface area contributed by atoms with Crippen LogP contribution in [0, 0.1) is 5.92 Å². The second kappa shape index (κ2) is 6.37. The zero-order valence-corrected chi connectivity index (χ0v) is 8.49. The van der Waals surface area contributed by atoms with Crippen molar-refractivity contribution < 1.29 is 19.8 Å². The van der Waals surface area contributed by atoms with Crippen molar-refractivity contribution in [2.45, 2.75) is 32.7 Å². The summed E-state index contributed by atoms with van der Waals surface area (Å²) in [6.07, 6.45) is 0.164. The predicted molar refractivity (Wildman–Crippen MR) is 50.7 cm³/mol. The zero-order valence-electron chi connectivity index (χ0n) is 8.49. The molecule has 0 heterocycles. The van der Waals surface area contributed by atoms with Crippen LogP contribution in [-0.4, -0.2) is 34.7 Å². The summed E-state index contributed by atoms with van der Waals surface area (Å²) >= 11 is 0. The molecule has 5 heteroatoms. The molecule has 0 bridgehead atoms. The molecule has 0 rings (SSSR count). The highest BCUT2D eigenvalue weighted by atomic mass is 16.4. The number of carbonyl (C=O) groups excluding carboxylic acids is 1. The molecule has 0 aromatic rings. The van der Waals surface area contributed by atoms with Crippen molar-refractivity contribution >= 4 is 11.9 Å². The van der Waals surface area contributed by atoms with E-state index in [0.29, 0.717) is 0 Å². The molecule has 1 amide bonds. The maximum absolute atomic E-state index is 11.2. The van der Waals surface area contributed by atoms with Crippen molar-refractivity contribution in [3.8, 4) is 0 Å². The predicted octanol–water partition coefficient (Wildman–Crippen LogP) is -0.0157. The molecule has 0 aliphatic heterocycles. The fourth-order valence-electron chi connectivity index (χ4n) is 1.07. The zero-order chi connectivity index (χ0) is 11.1. The number of hydrogen-bond acceptors (Lipinski definition) is 3. The van der Waals surface area contributed by atoms with E-state index in [1.807, 2.05) is 0 Å². The van der Waals surface area contributed by atoms with E-state index in [-0.39, 0.29) is 37.3 Å². The molecule has 0 saturated heterocycles. The number of nitrogens with one attached hydrogen (secondary N) is 1. The van der Waals surface area contributed by atoms with E-state index < -0.39 is 5.97 Å². The molecule has 0 aromatic heterocycles. The van der Waals surface area contributed by atoms with Crippen LogP contribution in [0.25, 0.3) is 0 Å². The summed E-state index contributed by atoms with van der Waals surface area (Å²) in [6, 6.07) is -0.278. The van der Waals surface area contributed by atoms with Gasteiger partial charge in [0.25, 0.3) is 0 Å². The van der Waals surface area contributed by atoms with Crippen LogP contribution in [0.4, 0.5) is 0 Å². The fraction of sp³-hybridized carbons (Fsp3) is 0.778. The Morgan fingerprint density at radius 2 is 1.86 bits per heavy atom. The van der Waals surface area contributed by atoms with Gasteiger partial charge < -0.3 is 15.5 Å². The van der Waals surface area contributed by atoms with Crippen LogP contribution in [-0.2, 0) is 9.59 Å². The van der Waals surface area contributed by atoms with Crippen molar-refractivity contribution in [1.82, 2.24) is 5.32 Å². The average Bonchev–Trinajstić information content (AvgIpc) is 2.01. The molecule has 3 N–H and O–H groups in total. The van der Waals surface area contributed by atoms with E-state index >= 15 is 0 Å².